The van der Waals surface area contributed by atoms with Gasteiger partial charge in [0.2, 0.25) is 5.54 Å². The molecule has 0 saturated carbocycles. The van der Waals surface area contributed by atoms with Crippen molar-refractivity contribution in [1.29, 1.82) is 0 Å². The molecule has 88 valence electrons. The molecule has 0 aromatic heterocycles. The van der Waals surface area contributed by atoms with E-state index in [2.05, 4.69) is 4.74 Å². The van der Waals surface area contributed by atoms with Crippen LogP contribution in [0.15, 0.2) is 24.3 Å². The lowest BCUT2D eigenvalue weighted by molar-refractivity contribution is -0.154. The van der Waals surface area contributed by atoms with E-state index in [0.29, 0.717) is 0 Å². The van der Waals surface area contributed by atoms with Gasteiger partial charge in [0.05, 0.1) is 7.11 Å². The van der Waals surface area contributed by atoms with E-state index < -0.39 is 23.7 Å². The number of ether oxygens (including phenoxy) is 1. The standard InChI is InChI=1S/C10H11F2NO3/c1-16-9(15)10(13,8(11)12)6-4-2-3-5-7(6)14/h2-5,8,14H,13H2,1H3. The molecule has 0 aliphatic rings. The summed E-state index contributed by atoms with van der Waals surface area (Å²) in [5, 5.41) is 9.42. The van der Waals surface area contributed by atoms with Crippen LogP contribution >= 0.6 is 0 Å². The lowest BCUT2D eigenvalue weighted by atomic mass is 9.90. The average molecular weight is 231 g/mol. The van der Waals surface area contributed by atoms with E-state index in [0.717, 1.165) is 13.2 Å². The Morgan fingerprint density at radius 3 is 2.50 bits per heavy atom. The van der Waals surface area contributed by atoms with E-state index in [9.17, 15) is 18.7 Å². The molecule has 0 heterocycles. The predicted octanol–water partition coefficient (Wildman–Crippen LogP) is 0.984. The Bertz CT molecular complexity index is 397. The summed E-state index contributed by atoms with van der Waals surface area (Å²) >= 11 is 0. The van der Waals surface area contributed by atoms with Crippen LogP contribution in [0, 0.1) is 0 Å². The second-order valence-corrected chi connectivity index (χ2v) is 3.18. The highest BCUT2D eigenvalue weighted by atomic mass is 19.3. The number of carbonyl (C=O) groups is 1. The van der Waals surface area contributed by atoms with Crippen molar-refractivity contribution in [1.82, 2.24) is 0 Å². The maximum atomic E-state index is 12.8. The number of carbonyl (C=O) groups excluding carboxylic acids is 1. The van der Waals surface area contributed by atoms with Gasteiger partial charge in [0.25, 0.3) is 6.43 Å². The van der Waals surface area contributed by atoms with Gasteiger partial charge in [-0.15, -0.1) is 0 Å². The largest absolute Gasteiger partial charge is 0.508 e. The fourth-order valence-corrected chi connectivity index (χ4v) is 1.31. The monoisotopic (exact) mass is 231 g/mol. The summed E-state index contributed by atoms with van der Waals surface area (Å²) in [5.74, 6) is -1.78. The molecule has 16 heavy (non-hydrogen) atoms. The van der Waals surface area contributed by atoms with E-state index >= 15 is 0 Å². The molecule has 0 radical (unpaired) electrons. The van der Waals surface area contributed by atoms with Crippen molar-refractivity contribution in [2.75, 3.05) is 7.11 Å². The van der Waals surface area contributed by atoms with Crippen LogP contribution < -0.4 is 5.73 Å². The summed E-state index contributed by atoms with van der Waals surface area (Å²) in [5.41, 5.74) is 2.32. The second-order valence-electron chi connectivity index (χ2n) is 3.18. The van der Waals surface area contributed by atoms with E-state index in [1.54, 1.807) is 0 Å². The van der Waals surface area contributed by atoms with E-state index in [4.69, 9.17) is 5.73 Å². The Labute approximate surface area is 90.6 Å². The Hall–Kier alpha value is -1.69. The van der Waals surface area contributed by atoms with Gasteiger partial charge in [0, 0.05) is 5.56 Å². The van der Waals surface area contributed by atoms with Crippen LogP contribution in [-0.2, 0) is 15.1 Å². The van der Waals surface area contributed by atoms with Crippen molar-refractivity contribution >= 4 is 5.97 Å². The molecule has 1 unspecified atom stereocenters. The van der Waals surface area contributed by atoms with Gasteiger partial charge in [-0.1, -0.05) is 18.2 Å². The molecular weight excluding hydrogens is 220 g/mol. The SMILES string of the molecule is COC(=O)C(N)(c1ccccc1O)C(F)F. The Balaban J connectivity index is 3.33. The molecule has 6 heteroatoms. The summed E-state index contributed by atoms with van der Waals surface area (Å²) in [6.45, 7) is 0. The third kappa shape index (κ3) is 1.83. The van der Waals surface area contributed by atoms with E-state index in [1.165, 1.54) is 18.2 Å². The maximum absolute atomic E-state index is 12.8. The number of esters is 1. The first-order chi connectivity index (χ1) is 7.44. The van der Waals surface area contributed by atoms with Gasteiger partial charge >= 0.3 is 5.97 Å². The van der Waals surface area contributed by atoms with Crippen LogP contribution in [0.5, 0.6) is 5.75 Å². The average Bonchev–Trinajstić information content (AvgIpc) is 2.27. The molecule has 4 nitrogen and oxygen atoms in total. The van der Waals surface area contributed by atoms with E-state index in [1.807, 2.05) is 0 Å². The number of para-hydroxylation sites is 1. The number of nitrogens with two attached hydrogens (primary N) is 1. The van der Waals surface area contributed by atoms with Crippen LogP contribution in [0.2, 0.25) is 0 Å². The van der Waals surface area contributed by atoms with Crippen LogP contribution in [0.4, 0.5) is 8.78 Å². The Kier molecular flexibility index (Phi) is 3.44. The fraction of sp³-hybridized carbons (Fsp3) is 0.300. The summed E-state index contributed by atoms with van der Waals surface area (Å²) in [6.07, 6.45) is -3.19. The zero-order valence-corrected chi connectivity index (χ0v) is 8.48. The molecule has 3 N–H and O–H groups in total. The molecule has 1 rings (SSSR count). The molecule has 0 aliphatic heterocycles. The quantitative estimate of drug-likeness (QED) is 0.761. The summed E-state index contributed by atoms with van der Waals surface area (Å²) in [7, 11) is 0.951. The number of methoxy groups -OCH3 is 1. The smallest absolute Gasteiger partial charge is 0.336 e. The van der Waals surface area contributed by atoms with Crippen LogP contribution in [0.3, 0.4) is 0 Å². The molecule has 1 aromatic rings. The van der Waals surface area contributed by atoms with Gasteiger partial charge < -0.3 is 15.6 Å². The summed E-state index contributed by atoms with van der Waals surface area (Å²) in [6, 6.07) is 5.14. The molecule has 0 bridgehead atoms. The van der Waals surface area contributed by atoms with Gasteiger partial charge in [0.15, 0.2) is 0 Å². The molecule has 0 fully saturated rings. The van der Waals surface area contributed by atoms with Gasteiger partial charge in [-0.3, -0.25) is 0 Å². The van der Waals surface area contributed by atoms with Crippen molar-refractivity contribution in [3.8, 4) is 5.75 Å². The number of hydrogen-bond acceptors (Lipinski definition) is 4. The van der Waals surface area contributed by atoms with Crippen LogP contribution in [0.25, 0.3) is 0 Å². The molecule has 0 aliphatic carbocycles. The zero-order valence-electron chi connectivity index (χ0n) is 8.48. The van der Waals surface area contributed by atoms with Crippen molar-refractivity contribution in [2.24, 2.45) is 5.73 Å². The highest BCUT2D eigenvalue weighted by Crippen LogP contribution is 2.33. The first-order valence-electron chi connectivity index (χ1n) is 4.38. The number of halogens is 2. The van der Waals surface area contributed by atoms with Gasteiger partial charge in [0.1, 0.15) is 5.75 Å². The number of benzene rings is 1. The minimum atomic E-state index is -3.19. The summed E-state index contributed by atoms with van der Waals surface area (Å²) < 4.78 is 29.9. The highest BCUT2D eigenvalue weighted by Gasteiger charge is 2.48. The molecule has 0 saturated heterocycles. The molecule has 0 spiro atoms. The second kappa shape index (κ2) is 4.44. The van der Waals surface area contributed by atoms with Crippen LogP contribution in [-0.4, -0.2) is 24.6 Å². The number of phenolic OH excluding ortho intramolecular Hbond substituents is 1. The van der Waals surface area contributed by atoms with Crippen molar-refractivity contribution in [2.45, 2.75) is 12.0 Å². The maximum Gasteiger partial charge on any atom is 0.336 e. The van der Waals surface area contributed by atoms with Gasteiger partial charge in [-0.05, 0) is 6.07 Å². The lowest BCUT2D eigenvalue weighted by Gasteiger charge is -2.26. The van der Waals surface area contributed by atoms with Crippen molar-refractivity contribution in [3.05, 3.63) is 29.8 Å². The fourth-order valence-electron chi connectivity index (χ4n) is 1.31. The van der Waals surface area contributed by atoms with Crippen molar-refractivity contribution < 1.29 is 23.4 Å². The van der Waals surface area contributed by atoms with E-state index in [-0.39, 0.29) is 5.56 Å². The first kappa shape index (κ1) is 12.4. The number of alkyl halides is 2. The first-order valence-corrected chi connectivity index (χ1v) is 4.38. The zero-order chi connectivity index (χ0) is 12.3. The van der Waals surface area contributed by atoms with Gasteiger partial charge in [-0.2, -0.15) is 0 Å². The Morgan fingerprint density at radius 2 is 2.06 bits per heavy atom. The number of aromatic hydroxyl groups is 1. The number of hydrogen-bond donors (Lipinski definition) is 2. The highest BCUT2D eigenvalue weighted by molar-refractivity contribution is 5.83. The Morgan fingerprint density at radius 1 is 1.50 bits per heavy atom. The predicted molar refractivity (Wildman–Crippen MR) is 52.0 cm³/mol. The normalized spacial score (nSPS) is 14.6. The molecule has 1 atom stereocenters. The molecule has 1 aromatic carbocycles. The minimum absolute atomic E-state index is 0.364. The van der Waals surface area contributed by atoms with Crippen molar-refractivity contribution in [3.63, 3.8) is 0 Å². The van der Waals surface area contributed by atoms with Crippen LogP contribution in [0.1, 0.15) is 5.56 Å². The lowest BCUT2D eigenvalue weighted by Crippen LogP contribution is -2.51. The molecule has 0 amide bonds. The topological polar surface area (TPSA) is 72.5 Å². The summed E-state index contributed by atoms with van der Waals surface area (Å²) in [4.78, 5) is 11.3. The third-order valence-electron chi connectivity index (χ3n) is 2.22. The molecular formula is C10H11F2NO3. The number of rotatable bonds is 3. The van der Waals surface area contributed by atoms with Gasteiger partial charge in [-0.25, -0.2) is 13.6 Å². The number of phenols is 1. The minimum Gasteiger partial charge on any atom is -0.508 e. The third-order valence-corrected chi connectivity index (χ3v) is 2.22.